The molecule has 0 atom stereocenters. The number of ether oxygens (including phenoxy) is 3. The van der Waals surface area contributed by atoms with E-state index in [9.17, 15) is 4.79 Å². The number of aryl methyl sites for hydroxylation is 1. The Balaban J connectivity index is 1.76. The Morgan fingerprint density at radius 2 is 2.08 bits per heavy atom. The van der Waals surface area contributed by atoms with Gasteiger partial charge in [0.05, 0.1) is 12.3 Å². The van der Waals surface area contributed by atoms with Crippen molar-refractivity contribution in [2.24, 2.45) is 10.2 Å². The fraction of sp³-hybridized carbons (Fsp3) is 0.222. The Morgan fingerprint density at radius 3 is 2.92 bits per heavy atom. The van der Waals surface area contributed by atoms with Crippen LogP contribution in [0.25, 0.3) is 5.65 Å². The van der Waals surface area contributed by atoms with E-state index in [-0.39, 0.29) is 19.1 Å². The van der Waals surface area contributed by atoms with Gasteiger partial charge < -0.3 is 14.2 Å². The summed E-state index contributed by atoms with van der Waals surface area (Å²) in [5, 5.41) is 8.47. The van der Waals surface area contributed by atoms with Gasteiger partial charge in [0.1, 0.15) is 5.65 Å². The van der Waals surface area contributed by atoms with E-state index in [0.717, 1.165) is 5.56 Å². The zero-order chi connectivity index (χ0) is 18.1. The number of benzene rings is 1. The van der Waals surface area contributed by atoms with E-state index < -0.39 is 5.97 Å². The number of carbonyl (C=O) groups is 1. The fourth-order valence-corrected chi connectivity index (χ4v) is 2.62. The average Bonchev–Trinajstić information content (AvgIpc) is 3.23. The van der Waals surface area contributed by atoms with Crippen molar-refractivity contribution in [1.29, 1.82) is 0 Å². The maximum Gasteiger partial charge on any atom is 0.360 e. The standard InChI is InChI=1S/C18H16N4O4/c1-3-24-18(23)16-17(22-7-6-11(2)8-15(22)19-16)21-20-12-4-5-13-14(9-12)26-10-25-13/h4-9H,3,10H2,1-2H3. The summed E-state index contributed by atoms with van der Waals surface area (Å²) in [4.78, 5) is 16.6. The molecule has 3 aromatic rings. The molecule has 132 valence electrons. The highest BCUT2D eigenvalue weighted by Gasteiger charge is 2.20. The lowest BCUT2D eigenvalue weighted by molar-refractivity contribution is 0.0521. The summed E-state index contributed by atoms with van der Waals surface area (Å²) < 4.78 is 17.4. The van der Waals surface area contributed by atoms with Crippen molar-refractivity contribution in [2.45, 2.75) is 13.8 Å². The second-order valence-corrected chi connectivity index (χ2v) is 5.67. The van der Waals surface area contributed by atoms with Crippen LogP contribution in [0, 0.1) is 6.92 Å². The Kier molecular flexibility index (Phi) is 4.00. The molecule has 0 radical (unpaired) electrons. The number of azo groups is 1. The molecule has 26 heavy (non-hydrogen) atoms. The lowest BCUT2D eigenvalue weighted by atomic mass is 10.3. The van der Waals surface area contributed by atoms with Crippen LogP contribution in [-0.2, 0) is 4.74 Å². The van der Waals surface area contributed by atoms with E-state index in [1.807, 2.05) is 19.1 Å². The summed E-state index contributed by atoms with van der Waals surface area (Å²) in [5.41, 5.74) is 2.33. The van der Waals surface area contributed by atoms with E-state index >= 15 is 0 Å². The van der Waals surface area contributed by atoms with E-state index in [1.54, 1.807) is 35.7 Å². The first-order valence-corrected chi connectivity index (χ1v) is 8.13. The Bertz CT molecular complexity index is 1030. The number of hydrogen-bond donors (Lipinski definition) is 0. The van der Waals surface area contributed by atoms with Crippen molar-refractivity contribution in [1.82, 2.24) is 9.38 Å². The van der Waals surface area contributed by atoms with E-state index in [0.29, 0.717) is 28.7 Å². The number of carbonyl (C=O) groups excluding carboxylic acids is 1. The van der Waals surface area contributed by atoms with Crippen LogP contribution >= 0.6 is 0 Å². The van der Waals surface area contributed by atoms with Crippen LogP contribution in [0.1, 0.15) is 23.0 Å². The lowest BCUT2D eigenvalue weighted by Gasteiger charge is -2.00. The second kappa shape index (κ2) is 6.47. The van der Waals surface area contributed by atoms with E-state index in [2.05, 4.69) is 15.2 Å². The van der Waals surface area contributed by atoms with Gasteiger partial charge in [-0.25, -0.2) is 9.78 Å². The lowest BCUT2D eigenvalue weighted by Crippen LogP contribution is -2.05. The van der Waals surface area contributed by atoms with Crippen LogP contribution in [-0.4, -0.2) is 28.8 Å². The molecule has 0 amide bonds. The number of fused-ring (bicyclic) bond motifs is 2. The molecule has 0 saturated carbocycles. The van der Waals surface area contributed by atoms with Crippen molar-refractivity contribution in [2.75, 3.05) is 13.4 Å². The molecule has 2 aromatic heterocycles. The fourth-order valence-electron chi connectivity index (χ4n) is 2.62. The Labute approximate surface area is 149 Å². The Morgan fingerprint density at radius 1 is 1.23 bits per heavy atom. The van der Waals surface area contributed by atoms with Gasteiger partial charge in [0.25, 0.3) is 0 Å². The summed E-state index contributed by atoms with van der Waals surface area (Å²) >= 11 is 0. The van der Waals surface area contributed by atoms with Crippen molar-refractivity contribution in [3.8, 4) is 11.5 Å². The molecule has 0 unspecified atom stereocenters. The molecule has 1 aliphatic rings. The number of esters is 1. The van der Waals surface area contributed by atoms with Crippen molar-refractivity contribution < 1.29 is 19.0 Å². The van der Waals surface area contributed by atoms with Gasteiger partial charge in [-0.2, -0.15) is 0 Å². The summed E-state index contributed by atoms with van der Waals surface area (Å²) in [5.74, 6) is 1.06. The number of rotatable bonds is 4. The normalized spacial score (nSPS) is 12.8. The first-order chi connectivity index (χ1) is 12.7. The number of nitrogens with zero attached hydrogens (tertiary/aromatic N) is 4. The molecular formula is C18H16N4O4. The van der Waals surface area contributed by atoms with Crippen molar-refractivity contribution in [3.05, 3.63) is 47.8 Å². The summed E-state index contributed by atoms with van der Waals surface area (Å²) in [6.45, 7) is 4.14. The van der Waals surface area contributed by atoms with Crippen LogP contribution in [0.4, 0.5) is 11.5 Å². The molecule has 8 nitrogen and oxygen atoms in total. The van der Waals surface area contributed by atoms with Crippen LogP contribution < -0.4 is 9.47 Å². The van der Waals surface area contributed by atoms with Crippen LogP contribution in [0.15, 0.2) is 46.8 Å². The van der Waals surface area contributed by atoms with Gasteiger partial charge in [-0.15, -0.1) is 10.2 Å². The quantitative estimate of drug-likeness (QED) is 0.524. The molecule has 0 spiro atoms. The van der Waals surface area contributed by atoms with Crippen LogP contribution in [0.2, 0.25) is 0 Å². The molecule has 0 aliphatic carbocycles. The number of hydrogen-bond acceptors (Lipinski definition) is 7. The van der Waals surface area contributed by atoms with Gasteiger partial charge in [0.2, 0.25) is 6.79 Å². The monoisotopic (exact) mass is 352 g/mol. The van der Waals surface area contributed by atoms with Gasteiger partial charge in [-0.3, -0.25) is 4.40 Å². The first kappa shape index (κ1) is 16.1. The minimum atomic E-state index is -0.534. The third kappa shape index (κ3) is 2.85. The zero-order valence-electron chi connectivity index (χ0n) is 14.3. The molecule has 8 heteroatoms. The third-order valence-corrected chi connectivity index (χ3v) is 3.84. The molecule has 0 fully saturated rings. The number of imidazole rings is 1. The van der Waals surface area contributed by atoms with Gasteiger partial charge in [-0.1, -0.05) is 0 Å². The van der Waals surface area contributed by atoms with E-state index in [4.69, 9.17) is 14.2 Å². The predicted molar refractivity (Wildman–Crippen MR) is 92.6 cm³/mol. The van der Waals surface area contributed by atoms with Crippen molar-refractivity contribution >= 4 is 23.1 Å². The molecule has 4 rings (SSSR count). The average molecular weight is 352 g/mol. The zero-order valence-corrected chi connectivity index (χ0v) is 14.3. The van der Waals surface area contributed by atoms with Gasteiger partial charge in [0.15, 0.2) is 23.0 Å². The number of pyridine rings is 1. The minimum Gasteiger partial charge on any atom is -0.461 e. The maximum atomic E-state index is 12.2. The van der Waals surface area contributed by atoms with Crippen molar-refractivity contribution in [3.63, 3.8) is 0 Å². The van der Waals surface area contributed by atoms with Crippen LogP contribution in [0.5, 0.6) is 11.5 Å². The summed E-state index contributed by atoms with van der Waals surface area (Å²) in [6.07, 6.45) is 1.80. The smallest absolute Gasteiger partial charge is 0.360 e. The number of aromatic nitrogens is 2. The molecule has 3 heterocycles. The molecule has 0 saturated heterocycles. The van der Waals surface area contributed by atoms with E-state index in [1.165, 1.54) is 0 Å². The largest absolute Gasteiger partial charge is 0.461 e. The summed E-state index contributed by atoms with van der Waals surface area (Å²) in [7, 11) is 0. The highest BCUT2D eigenvalue weighted by atomic mass is 16.7. The molecular weight excluding hydrogens is 336 g/mol. The maximum absolute atomic E-state index is 12.2. The highest BCUT2D eigenvalue weighted by Crippen LogP contribution is 2.36. The summed E-state index contributed by atoms with van der Waals surface area (Å²) in [6, 6.07) is 9.02. The predicted octanol–water partition coefficient (Wildman–Crippen LogP) is 3.96. The molecule has 0 N–H and O–H groups in total. The topological polar surface area (TPSA) is 86.8 Å². The third-order valence-electron chi connectivity index (χ3n) is 3.84. The van der Waals surface area contributed by atoms with Gasteiger partial charge in [0, 0.05) is 12.3 Å². The molecule has 1 aliphatic heterocycles. The molecule has 1 aromatic carbocycles. The minimum absolute atomic E-state index is 0.127. The van der Waals surface area contributed by atoms with Gasteiger partial charge >= 0.3 is 5.97 Å². The Hall–Kier alpha value is -3.42. The van der Waals surface area contributed by atoms with Crippen LogP contribution in [0.3, 0.4) is 0 Å². The highest BCUT2D eigenvalue weighted by molar-refractivity contribution is 5.93. The van der Waals surface area contributed by atoms with Gasteiger partial charge in [-0.05, 0) is 43.7 Å². The SMILES string of the molecule is CCOC(=O)c1nc2cc(C)ccn2c1N=Nc1ccc2c(c1)OCO2. The molecule has 0 bridgehead atoms. The second-order valence-electron chi connectivity index (χ2n) is 5.67. The first-order valence-electron chi connectivity index (χ1n) is 8.13.